The van der Waals surface area contributed by atoms with Crippen molar-refractivity contribution in [2.75, 3.05) is 0 Å². The van der Waals surface area contributed by atoms with E-state index in [2.05, 4.69) is 17.1 Å². The topological polar surface area (TPSA) is 69.9 Å². The van der Waals surface area contributed by atoms with Crippen LogP contribution in [-0.4, -0.2) is 15.1 Å². The molecule has 0 bridgehead atoms. The van der Waals surface area contributed by atoms with Crippen molar-refractivity contribution in [3.8, 4) is 0 Å². The van der Waals surface area contributed by atoms with Gasteiger partial charge in [0, 0.05) is 18.6 Å². The van der Waals surface area contributed by atoms with Gasteiger partial charge in [0.05, 0.1) is 17.4 Å². The van der Waals surface area contributed by atoms with Crippen molar-refractivity contribution in [2.45, 2.75) is 31.8 Å². The van der Waals surface area contributed by atoms with Crippen molar-refractivity contribution in [2.24, 2.45) is 18.5 Å². The van der Waals surface area contributed by atoms with Gasteiger partial charge in [0.2, 0.25) is 0 Å². The first-order valence-electron chi connectivity index (χ1n) is 5.82. The Kier molecular flexibility index (Phi) is 2.93. The van der Waals surface area contributed by atoms with E-state index in [0.717, 1.165) is 23.0 Å². The van der Waals surface area contributed by atoms with Gasteiger partial charge in [-0.15, -0.1) is 0 Å². The highest BCUT2D eigenvalue weighted by Gasteiger charge is 2.17. The molecule has 0 amide bonds. The molecule has 1 aromatic heterocycles. The van der Waals surface area contributed by atoms with Crippen LogP contribution >= 0.6 is 0 Å². The molecule has 17 heavy (non-hydrogen) atoms. The monoisotopic (exact) mass is 232 g/mol. The van der Waals surface area contributed by atoms with Crippen molar-refractivity contribution < 1.29 is 0 Å². The number of rotatable bonds is 3. The number of nitrogens with zero attached hydrogens (tertiary/aromatic N) is 2. The quantitative estimate of drug-likeness (QED) is 0.846. The number of hydrogen-bond donors (Lipinski definition) is 2. The second-order valence-corrected chi connectivity index (χ2v) is 5.40. The molecule has 4 N–H and O–H groups in total. The molecule has 0 saturated carbocycles. The van der Waals surface area contributed by atoms with Crippen LogP contribution in [0.4, 0.5) is 0 Å². The first-order chi connectivity index (χ1) is 7.87. The number of aryl methyl sites for hydroxylation is 1. The summed E-state index contributed by atoms with van der Waals surface area (Å²) in [6, 6.07) is 6.12. The fraction of sp³-hybridized carbons (Fsp3) is 0.462. The van der Waals surface area contributed by atoms with Crippen LogP contribution < -0.4 is 11.5 Å². The molecule has 0 saturated heterocycles. The van der Waals surface area contributed by atoms with E-state index >= 15 is 0 Å². The summed E-state index contributed by atoms with van der Waals surface area (Å²) in [5.41, 5.74) is 15.1. The average molecular weight is 232 g/mol. The van der Waals surface area contributed by atoms with Crippen LogP contribution in [-0.2, 0) is 7.05 Å². The zero-order valence-corrected chi connectivity index (χ0v) is 10.6. The highest BCUT2D eigenvalue weighted by atomic mass is 15.0. The number of fused-ring (bicyclic) bond motifs is 1. The molecule has 1 aromatic carbocycles. The lowest BCUT2D eigenvalue weighted by Gasteiger charge is -2.23. The molecule has 1 atom stereocenters. The molecule has 0 fully saturated rings. The van der Waals surface area contributed by atoms with Gasteiger partial charge < -0.3 is 16.0 Å². The van der Waals surface area contributed by atoms with Crippen LogP contribution in [0, 0.1) is 0 Å². The zero-order chi connectivity index (χ0) is 12.6. The number of imidazole rings is 1. The minimum Gasteiger partial charge on any atom is -0.334 e. The van der Waals surface area contributed by atoms with E-state index in [1.54, 1.807) is 0 Å². The van der Waals surface area contributed by atoms with Gasteiger partial charge in [-0.1, -0.05) is 6.07 Å². The molecule has 1 heterocycles. The van der Waals surface area contributed by atoms with E-state index in [1.165, 1.54) is 0 Å². The van der Waals surface area contributed by atoms with E-state index in [0.29, 0.717) is 0 Å². The number of aromatic nitrogens is 2. The van der Waals surface area contributed by atoms with Gasteiger partial charge in [-0.05, 0) is 38.0 Å². The Morgan fingerprint density at radius 2 is 2.12 bits per heavy atom. The van der Waals surface area contributed by atoms with E-state index in [1.807, 2.05) is 37.9 Å². The van der Waals surface area contributed by atoms with Crippen molar-refractivity contribution in [3.05, 3.63) is 30.1 Å². The lowest BCUT2D eigenvalue weighted by atomic mass is 9.92. The average Bonchev–Trinajstić information content (AvgIpc) is 2.57. The molecule has 4 nitrogen and oxygen atoms in total. The third-order valence-electron chi connectivity index (χ3n) is 2.92. The van der Waals surface area contributed by atoms with Crippen molar-refractivity contribution in [1.82, 2.24) is 9.55 Å². The standard InChI is InChI=1S/C13H20N4/c1-13(2,15)7-10(14)9-4-5-12-11(6-9)16-8-17(12)3/h4-6,8,10H,7,14-15H2,1-3H3. The Morgan fingerprint density at radius 1 is 1.41 bits per heavy atom. The molecule has 0 spiro atoms. The minimum absolute atomic E-state index is 0.0404. The summed E-state index contributed by atoms with van der Waals surface area (Å²) >= 11 is 0. The lowest BCUT2D eigenvalue weighted by molar-refractivity contribution is 0.429. The Labute approximate surface area is 102 Å². The van der Waals surface area contributed by atoms with E-state index in [-0.39, 0.29) is 11.6 Å². The molecule has 1 unspecified atom stereocenters. The minimum atomic E-state index is -0.251. The van der Waals surface area contributed by atoms with Gasteiger partial charge in [-0.25, -0.2) is 4.98 Å². The van der Waals surface area contributed by atoms with Crippen LogP contribution in [0.2, 0.25) is 0 Å². The van der Waals surface area contributed by atoms with Gasteiger partial charge in [0.25, 0.3) is 0 Å². The maximum Gasteiger partial charge on any atom is 0.0955 e. The second kappa shape index (κ2) is 4.13. The summed E-state index contributed by atoms with van der Waals surface area (Å²) in [6.07, 6.45) is 2.57. The van der Waals surface area contributed by atoms with Gasteiger partial charge in [-0.2, -0.15) is 0 Å². The summed E-state index contributed by atoms with van der Waals surface area (Å²) < 4.78 is 2.00. The first-order valence-corrected chi connectivity index (χ1v) is 5.82. The van der Waals surface area contributed by atoms with Crippen LogP contribution in [0.25, 0.3) is 11.0 Å². The Bertz CT molecular complexity index is 522. The molecule has 0 radical (unpaired) electrons. The first kappa shape index (κ1) is 12.1. The molecule has 2 aromatic rings. The molecule has 2 rings (SSSR count). The van der Waals surface area contributed by atoms with Crippen LogP contribution in [0.1, 0.15) is 31.9 Å². The third kappa shape index (κ3) is 2.65. The Morgan fingerprint density at radius 3 is 2.76 bits per heavy atom. The van der Waals surface area contributed by atoms with Gasteiger partial charge >= 0.3 is 0 Å². The maximum atomic E-state index is 6.16. The molecule has 0 aliphatic carbocycles. The van der Waals surface area contributed by atoms with E-state index < -0.39 is 0 Å². The van der Waals surface area contributed by atoms with Crippen LogP contribution in [0.3, 0.4) is 0 Å². The van der Waals surface area contributed by atoms with E-state index in [9.17, 15) is 0 Å². The molecule has 0 aliphatic heterocycles. The summed E-state index contributed by atoms with van der Waals surface area (Å²) in [6.45, 7) is 3.98. The Balaban J connectivity index is 2.30. The van der Waals surface area contributed by atoms with Gasteiger partial charge in [0.1, 0.15) is 0 Å². The van der Waals surface area contributed by atoms with Gasteiger partial charge in [-0.3, -0.25) is 0 Å². The largest absolute Gasteiger partial charge is 0.334 e. The summed E-state index contributed by atoms with van der Waals surface area (Å²) in [5, 5.41) is 0. The summed E-state index contributed by atoms with van der Waals surface area (Å²) in [7, 11) is 1.98. The summed E-state index contributed by atoms with van der Waals surface area (Å²) in [5.74, 6) is 0. The third-order valence-corrected chi connectivity index (χ3v) is 2.92. The zero-order valence-electron chi connectivity index (χ0n) is 10.6. The lowest BCUT2D eigenvalue weighted by Crippen LogP contribution is -2.35. The smallest absolute Gasteiger partial charge is 0.0955 e. The maximum absolute atomic E-state index is 6.16. The highest BCUT2D eigenvalue weighted by Crippen LogP contribution is 2.23. The molecule has 4 heteroatoms. The van der Waals surface area contributed by atoms with Crippen LogP contribution in [0.5, 0.6) is 0 Å². The van der Waals surface area contributed by atoms with Crippen LogP contribution in [0.15, 0.2) is 24.5 Å². The molecular weight excluding hydrogens is 212 g/mol. The second-order valence-electron chi connectivity index (χ2n) is 5.40. The van der Waals surface area contributed by atoms with Crippen molar-refractivity contribution >= 4 is 11.0 Å². The molecule has 92 valence electrons. The number of nitrogens with two attached hydrogens (primary N) is 2. The predicted molar refractivity (Wildman–Crippen MR) is 70.5 cm³/mol. The normalized spacial score (nSPS) is 14.2. The molecule has 0 aliphatic rings. The fourth-order valence-corrected chi connectivity index (χ4v) is 2.07. The SMILES string of the molecule is Cn1cnc2cc(C(N)CC(C)(C)N)ccc21. The van der Waals surface area contributed by atoms with Crippen molar-refractivity contribution in [3.63, 3.8) is 0 Å². The number of hydrogen-bond acceptors (Lipinski definition) is 3. The number of benzene rings is 1. The fourth-order valence-electron chi connectivity index (χ4n) is 2.07. The summed E-state index contributed by atoms with van der Waals surface area (Å²) in [4.78, 5) is 4.33. The van der Waals surface area contributed by atoms with Gasteiger partial charge in [0.15, 0.2) is 0 Å². The van der Waals surface area contributed by atoms with Crippen molar-refractivity contribution in [1.29, 1.82) is 0 Å². The molecular formula is C13H20N4. The Hall–Kier alpha value is -1.39. The van der Waals surface area contributed by atoms with E-state index in [4.69, 9.17) is 11.5 Å². The predicted octanol–water partition coefficient (Wildman–Crippen LogP) is 1.70. The highest BCUT2D eigenvalue weighted by molar-refractivity contribution is 5.76.